The Bertz CT molecular complexity index is 906. The van der Waals surface area contributed by atoms with Crippen molar-refractivity contribution in [3.63, 3.8) is 0 Å². The second kappa shape index (κ2) is 9.18. The van der Waals surface area contributed by atoms with Crippen molar-refractivity contribution in [2.75, 3.05) is 17.2 Å². The molecule has 0 atom stereocenters. The van der Waals surface area contributed by atoms with Crippen molar-refractivity contribution < 1.29 is 4.74 Å². The fraction of sp³-hybridized carbons (Fsp3) is 0.235. The molecule has 0 aliphatic rings. The molecule has 2 N–H and O–H groups in total. The van der Waals surface area contributed by atoms with Crippen LogP contribution in [0.2, 0.25) is 10.0 Å². The summed E-state index contributed by atoms with van der Waals surface area (Å²) in [6.07, 6.45) is 5.30. The van der Waals surface area contributed by atoms with Gasteiger partial charge in [0.25, 0.3) is 0 Å². The number of ether oxygens (including phenoxy) is 1. The Balaban J connectivity index is 1.57. The summed E-state index contributed by atoms with van der Waals surface area (Å²) in [4.78, 5) is 0. The normalized spacial score (nSPS) is 10.8. The second-order valence-corrected chi connectivity index (χ2v) is 6.79. The third-order valence-corrected chi connectivity index (χ3v) is 4.50. The van der Waals surface area contributed by atoms with Crippen LogP contribution in [0.1, 0.15) is 12.5 Å². The van der Waals surface area contributed by atoms with Crippen molar-refractivity contribution >= 4 is 52.0 Å². The van der Waals surface area contributed by atoms with Gasteiger partial charge in [0.2, 0.25) is 0 Å². The number of nitrogens with one attached hydrogen (secondary N) is 2. The Morgan fingerprint density at radius 2 is 1.96 bits per heavy atom. The van der Waals surface area contributed by atoms with E-state index < -0.39 is 0 Å². The van der Waals surface area contributed by atoms with Crippen LogP contribution in [-0.4, -0.2) is 31.3 Å². The largest absolute Gasteiger partial charge is 0.360 e. The van der Waals surface area contributed by atoms with Crippen molar-refractivity contribution in [3.8, 4) is 0 Å². The van der Waals surface area contributed by atoms with E-state index in [-0.39, 0.29) is 0 Å². The third-order valence-electron chi connectivity index (χ3n) is 3.58. The zero-order chi connectivity index (χ0) is 19.2. The van der Waals surface area contributed by atoms with Crippen LogP contribution in [0.5, 0.6) is 0 Å². The van der Waals surface area contributed by atoms with Gasteiger partial charge in [-0.2, -0.15) is 10.2 Å². The molecule has 0 aliphatic heterocycles. The number of anilines is 2. The van der Waals surface area contributed by atoms with Gasteiger partial charge in [-0.25, -0.2) is 4.68 Å². The number of aromatic nitrogens is 4. The second-order valence-electron chi connectivity index (χ2n) is 5.57. The topological polar surface area (TPSA) is 68.9 Å². The molecule has 0 saturated heterocycles. The minimum absolute atomic E-state index is 0.396. The molecule has 0 fully saturated rings. The van der Waals surface area contributed by atoms with E-state index >= 15 is 0 Å². The molecular formula is C17H18Cl2N6OS. The van der Waals surface area contributed by atoms with Crippen LogP contribution in [0.15, 0.2) is 42.9 Å². The first-order valence-electron chi connectivity index (χ1n) is 8.19. The lowest BCUT2D eigenvalue weighted by molar-refractivity contribution is 0.0792. The van der Waals surface area contributed by atoms with E-state index in [2.05, 4.69) is 20.8 Å². The molecule has 2 aromatic heterocycles. The van der Waals surface area contributed by atoms with E-state index in [4.69, 9.17) is 40.2 Å². The monoisotopic (exact) mass is 424 g/mol. The van der Waals surface area contributed by atoms with Crippen LogP contribution in [0.25, 0.3) is 0 Å². The highest BCUT2D eigenvalue weighted by atomic mass is 35.5. The molecule has 0 amide bonds. The number of rotatable bonds is 7. The molecule has 3 rings (SSSR count). The molecule has 27 heavy (non-hydrogen) atoms. The van der Waals surface area contributed by atoms with Crippen LogP contribution in [0.3, 0.4) is 0 Å². The van der Waals surface area contributed by atoms with Gasteiger partial charge >= 0.3 is 0 Å². The zero-order valence-electron chi connectivity index (χ0n) is 14.5. The Morgan fingerprint density at radius 3 is 2.70 bits per heavy atom. The van der Waals surface area contributed by atoms with E-state index in [1.54, 1.807) is 27.7 Å². The molecule has 0 radical (unpaired) electrons. The number of hydrogen-bond donors (Lipinski definition) is 2. The summed E-state index contributed by atoms with van der Waals surface area (Å²) in [6.45, 7) is 3.42. The first kappa shape index (κ1) is 19.6. The molecule has 0 aliphatic carbocycles. The van der Waals surface area contributed by atoms with Crippen LogP contribution >= 0.6 is 35.4 Å². The average molecular weight is 425 g/mol. The summed E-state index contributed by atoms with van der Waals surface area (Å²) in [5.74, 6) is 0.609. The lowest BCUT2D eigenvalue weighted by atomic mass is 10.2. The zero-order valence-corrected chi connectivity index (χ0v) is 16.9. The highest BCUT2D eigenvalue weighted by Gasteiger charge is 2.08. The van der Waals surface area contributed by atoms with Gasteiger partial charge in [-0.05, 0) is 31.3 Å². The van der Waals surface area contributed by atoms with Crippen molar-refractivity contribution in [2.45, 2.75) is 20.2 Å². The smallest absolute Gasteiger partial charge is 0.176 e. The van der Waals surface area contributed by atoms with E-state index in [0.29, 0.717) is 40.9 Å². The SMILES string of the molecule is CCOCn1cc(NC(=S)Nc2ccn(Cc3c(Cl)cccc3Cl)n2)cn1. The Morgan fingerprint density at radius 1 is 1.19 bits per heavy atom. The van der Waals surface area contributed by atoms with Crippen LogP contribution in [0, 0.1) is 0 Å². The lowest BCUT2D eigenvalue weighted by Crippen LogP contribution is -2.19. The molecule has 3 aromatic rings. The minimum atomic E-state index is 0.396. The fourth-order valence-electron chi connectivity index (χ4n) is 2.32. The molecule has 7 nitrogen and oxygen atoms in total. The fourth-order valence-corrected chi connectivity index (χ4v) is 3.06. The van der Waals surface area contributed by atoms with Gasteiger partial charge in [-0.15, -0.1) is 0 Å². The molecule has 0 saturated carbocycles. The van der Waals surface area contributed by atoms with Crippen LogP contribution < -0.4 is 10.6 Å². The number of hydrogen-bond acceptors (Lipinski definition) is 4. The predicted molar refractivity (Wildman–Crippen MR) is 111 cm³/mol. The summed E-state index contributed by atoms with van der Waals surface area (Å²) in [7, 11) is 0. The van der Waals surface area contributed by atoms with Crippen molar-refractivity contribution in [3.05, 3.63) is 58.5 Å². The maximum atomic E-state index is 6.21. The highest BCUT2D eigenvalue weighted by molar-refractivity contribution is 7.80. The van der Waals surface area contributed by atoms with E-state index in [1.165, 1.54) is 0 Å². The van der Waals surface area contributed by atoms with Gasteiger partial charge in [-0.1, -0.05) is 29.3 Å². The first-order chi connectivity index (χ1) is 13.0. The number of benzene rings is 1. The standard InChI is InChI=1S/C17H18Cl2N6OS/c1-2-26-11-25-9-12(8-20-25)21-17(27)22-16-6-7-24(23-16)10-13-14(18)4-3-5-15(13)19/h3-9H,2,10-11H2,1H3,(H2,21,22,23,27). The number of nitrogens with zero attached hydrogens (tertiary/aromatic N) is 4. The van der Waals surface area contributed by atoms with E-state index in [1.807, 2.05) is 31.5 Å². The Labute approximate surface area is 172 Å². The van der Waals surface area contributed by atoms with Crippen molar-refractivity contribution in [2.24, 2.45) is 0 Å². The quantitative estimate of drug-likeness (QED) is 0.552. The molecule has 0 spiro atoms. The Kier molecular flexibility index (Phi) is 6.68. The molecule has 0 unspecified atom stereocenters. The summed E-state index contributed by atoms with van der Waals surface area (Å²) in [5.41, 5.74) is 1.58. The Hall–Kier alpha value is -2.13. The molecule has 142 valence electrons. The highest BCUT2D eigenvalue weighted by Crippen LogP contribution is 2.25. The van der Waals surface area contributed by atoms with Crippen molar-refractivity contribution in [1.82, 2.24) is 19.6 Å². The average Bonchev–Trinajstić information content (AvgIpc) is 3.26. The molecule has 0 bridgehead atoms. The van der Waals surface area contributed by atoms with E-state index in [0.717, 1.165) is 11.3 Å². The van der Waals surface area contributed by atoms with Gasteiger partial charge < -0.3 is 15.4 Å². The predicted octanol–water partition coefficient (Wildman–Crippen LogP) is 4.24. The maximum absolute atomic E-state index is 6.21. The summed E-state index contributed by atoms with van der Waals surface area (Å²) < 4.78 is 8.71. The van der Waals surface area contributed by atoms with Crippen molar-refractivity contribution in [1.29, 1.82) is 0 Å². The van der Waals surface area contributed by atoms with Gasteiger partial charge in [-0.3, -0.25) is 4.68 Å². The van der Waals surface area contributed by atoms with Gasteiger partial charge in [0.1, 0.15) is 6.73 Å². The lowest BCUT2D eigenvalue weighted by Gasteiger charge is -2.08. The molecule has 2 heterocycles. The van der Waals surface area contributed by atoms with Gasteiger partial charge in [0, 0.05) is 34.5 Å². The number of thiocarbonyl (C=S) groups is 1. The van der Waals surface area contributed by atoms with Crippen LogP contribution in [-0.2, 0) is 18.0 Å². The van der Waals surface area contributed by atoms with Gasteiger partial charge in [0.15, 0.2) is 10.9 Å². The summed E-state index contributed by atoms with van der Waals surface area (Å²) in [6, 6.07) is 7.23. The molecule has 10 heteroatoms. The minimum Gasteiger partial charge on any atom is -0.360 e. The third kappa shape index (κ3) is 5.43. The summed E-state index contributed by atoms with van der Waals surface area (Å²) >= 11 is 17.7. The van der Waals surface area contributed by atoms with E-state index in [9.17, 15) is 0 Å². The number of halogens is 2. The summed E-state index contributed by atoms with van der Waals surface area (Å²) in [5, 5.41) is 16.3. The van der Waals surface area contributed by atoms with Gasteiger partial charge in [0.05, 0.1) is 24.6 Å². The maximum Gasteiger partial charge on any atom is 0.176 e. The molecule has 1 aromatic carbocycles. The molecular weight excluding hydrogens is 407 g/mol. The first-order valence-corrected chi connectivity index (χ1v) is 9.36. The van der Waals surface area contributed by atoms with Crippen LogP contribution in [0.4, 0.5) is 11.5 Å².